The zero-order valence-electron chi connectivity index (χ0n) is 17.4. The third-order valence-corrected chi connectivity index (χ3v) is 5.74. The summed E-state index contributed by atoms with van der Waals surface area (Å²) < 4.78 is 22.3. The number of nitrogens with zero attached hydrogens (tertiary/aromatic N) is 4. The Morgan fingerprint density at radius 1 is 1.25 bits per heavy atom. The van der Waals surface area contributed by atoms with Crippen LogP contribution in [0.1, 0.15) is 17.0 Å². The van der Waals surface area contributed by atoms with Crippen LogP contribution < -0.4 is 19.1 Å². The maximum atomic E-state index is 12.5. The van der Waals surface area contributed by atoms with Gasteiger partial charge in [-0.2, -0.15) is 0 Å². The fourth-order valence-electron chi connectivity index (χ4n) is 3.93. The lowest BCUT2D eigenvalue weighted by molar-refractivity contribution is 0.0741. The second-order valence-corrected chi connectivity index (χ2v) is 7.87. The summed E-state index contributed by atoms with van der Waals surface area (Å²) in [6.07, 6.45) is 5.01. The smallest absolute Gasteiger partial charge is 0.291 e. The highest BCUT2D eigenvalue weighted by Crippen LogP contribution is 2.40. The minimum Gasteiger partial charge on any atom is -0.490 e. The molecular formula is C22H21ClN4O5. The maximum absolute atomic E-state index is 12.5. The molecule has 166 valence electrons. The summed E-state index contributed by atoms with van der Waals surface area (Å²) in [5.41, 5.74) is 1.70. The average molecular weight is 457 g/mol. The van der Waals surface area contributed by atoms with Gasteiger partial charge in [0, 0.05) is 19.0 Å². The molecule has 0 spiro atoms. The molecule has 2 aromatic heterocycles. The van der Waals surface area contributed by atoms with Crippen molar-refractivity contribution in [1.29, 1.82) is 0 Å². The number of halogens is 1. The van der Waals surface area contributed by atoms with E-state index in [1.807, 2.05) is 24.3 Å². The Morgan fingerprint density at radius 2 is 2.16 bits per heavy atom. The molecule has 5 rings (SSSR count). The monoisotopic (exact) mass is 456 g/mol. The van der Waals surface area contributed by atoms with E-state index in [9.17, 15) is 4.79 Å². The Bertz CT molecular complexity index is 1120. The number of methoxy groups -OCH3 is 1. The normalized spacial score (nSPS) is 17.6. The Kier molecular flexibility index (Phi) is 5.48. The van der Waals surface area contributed by atoms with Gasteiger partial charge in [-0.3, -0.25) is 4.79 Å². The third kappa shape index (κ3) is 3.91. The number of oxazole rings is 1. The summed E-state index contributed by atoms with van der Waals surface area (Å²) in [7, 11) is 1.53. The summed E-state index contributed by atoms with van der Waals surface area (Å²) >= 11 is 6.28. The van der Waals surface area contributed by atoms with Crippen LogP contribution >= 0.6 is 11.6 Å². The number of hydrogen-bond donors (Lipinski definition) is 0. The van der Waals surface area contributed by atoms with Crippen molar-refractivity contribution < 1.29 is 23.4 Å². The van der Waals surface area contributed by atoms with Crippen LogP contribution in [0.25, 0.3) is 0 Å². The standard InChI is InChI=1S/C22H21ClN4O5/c1-29-21-17(23)8-14(10-25-21)27-6-7-30-19-3-2-15(9-18(19)27)32-16-4-5-26(12-16)22(28)20-11-24-13-31-20/h2-3,8-11,13,16H,4-7,12H2,1H3/t16-/m0/s1. The Hall–Kier alpha value is -3.46. The summed E-state index contributed by atoms with van der Waals surface area (Å²) in [5, 5.41) is 0.438. The van der Waals surface area contributed by atoms with E-state index in [1.165, 1.54) is 19.7 Å². The van der Waals surface area contributed by atoms with Gasteiger partial charge in [0.25, 0.3) is 5.91 Å². The first kappa shape index (κ1) is 20.4. The quantitative estimate of drug-likeness (QED) is 0.575. The number of carbonyl (C=O) groups excluding carboxylic acids is 1. The van der Waals surface area contributed by atoms with Crippen LogP contribution in [0.3, 0.4) is 0 Å². The zero-order valence-corrected chi connectivity index (χ0v) is 18.1. The molecule has 1 atom stereocenters. The first-order valence-corrected chi connectivity index (χ1v) is 10.6. The molecule has 3 aromatic rings. The van der Waals surface area contributed by atoms with Gasteiger partial charge in [0.15, 0.2) is 6.39 Å². The van der Waals surface area contributed by atoms with E-state index in [2.05, 4.69) is 14.9 Å². The molecule has 32 heavy (non-hydrogen) atoms. The number of rotatable bonds is 5. The van der Waals surface area contributed by atoms with Gasteiger partial charge in [0.2, 0.25) is 11.6 Å². The van der Waals surface area contributed by atoms with Crippen LogP contribution in [0.4, 0.5) is 11.4 Å². The Morgan fingerprint density at radius 3 is 2.94 bits per heavy atom. The molecule has 1 fully saturated rings. The Labute approximate surface area is 189 Å². The van der Waals surface area contributed by atoms with E-state index in [0.717, 1.165) is 23.5 Å². The molecule has 0 unspecified atom stereocenters. The highest BCUT2D eigenvalue weighted by Gasteiger charge is 2.30. The number of pyridine rings is 1. The molecule has 0 N–H and O–H groups in total. The molecule has 9 nitrogen and oxygen atoms in total. The number of likely N-dealkylation sites (tertiary alicyclic amines) is 1. The van der Waals surface area contributed by atoms with Gasteiger partial charge in [-0.15, -0.1) is 0 Å². The van der Waals surface area contributed by atoms with Crippen LogP contribution in [-0.4, -0.2) is 60.2 Å². The number of hydrogen-bond acceptors (Lipinski definition) is 8. The van der Waals surface area contributed by atoms with Crippen molar-refractivity contribution in [1.82, 2.24) is 14.9 Å². The number of fused-ring (bicyclic) bond motifs is 1. The molecule has 1 aromatic carbocycles. The molecular weight excluding hydrogens is 436 g/mol. The van der Waals surface area contributed by atoms with Gasteiger partial charge in [-0.25, -0.2) is 9.97 Å². The van der Waals surface area contributed by atoms with Gasteiger partial charge in [-0.05, 0) is 18.2 Å². The number of benzene rings is 1. The third-order valence-electron chi connectivity index (χ3n) is 5.47. The van der Waals surface area contributed by atoms with Crippen molar-refractivity contribution in [2.45, 2.75) is 12.5 Å². The lowest BCUT2D eigenvalue weighted by atomic mass is 10.2. The number of anilines is 2. The molecule has 1 amide bonds. The second-order valence-electron chi connectivity index (χ2n) is 7.46. The lowest BCUT2D eigenvalue weighted by Crippen LogP contribution is -2.31. The fourth-order valence-corrected chi connectivity index (χ4v) is 4.17. The summed E-state index contributed by atoms with van der Waals surface area (Å²) in [4.78, 5) is 24.3. The summed E-state index contributed by atoms with van der Waals surface area (Å²) in [6, 6.07) is 7.53. The largest absolute Gasteiger partial charge is 0.490 e. The van der Waals surface area contributed by atoms with E-state index in [0.29, 0.717) is 42.9 Å². The van der Waals surface area contributed by atoms with Crippen LogP contribution in [0, 0.1) is 0 Å². The molecule has 0 bridgehead atoms. The van der Waals surface area contributed by atoms with Gasteiger partial charge in [0.05, 0.1) is 44.0 Å². The van der Waals surface area contributed by atoms with Crippen molar-refractivity contribution in [3.63, 3.8) is 0 Å². The number of aromatic nitrogens is 2. The molecule has 0 aliphatic carbocycles. The molecule has 2 aliphatic heterocycles. The molecule has 0 saturated carbocycles. The first-order valence-electron chi connectivity index (χ1n) is 10.2. The molecule has 0 radical (unpaired) electrons. The second kappa shape index (κ2) is 8.58. The van der Waals surface area contributed by atoms with E-state index in [-0.39, 0.29) is 17.8 Å². The van der Waals surface area contributed by atoms with Gasteiger partial charge in [-0.1, -0.05) is 11.6 Å². The molecule has 2 aliphatic rings. The van der Waals surface area contributed by atoms with E-state index < -0.39 is 0 Å². The van der Waals surface area contributed by atoms with E-state index in [1.54, 1.807) is 11.1 Å². The van der Waals surface area contributed by atoms with Gasteiger partial charge >= 0.3 is 0 Å². The highest BCUT2D eigenvalue weighted by atomic mass is 35.5. The predicted octanol–water partition coefficient (Wildman–Crippen LogP) is 3.56. The number of ether oxygens (including phenoxy) is 3. The minimum absolute atomic E-state index is 0.116. The van der Waals surface area contributed by atoms with Crippen LogP contribution in [0.2, 0.25) is 5.02 Å². The zero-order chi connectivity index (χ0) is 22.1. The maximum Gasteiger partial charge on any atom is 0.291 e. The topological polar surface area (TPSA) is 90.2 Å². The van der Waals surface area contributed by atoms with E-state index >= 15 is 0 Å². The summed E-state index contributed by atoms with van der Waals surface area (Å²) in [5.74, 6) is 1.89. The first-order chi connectivity index (χ1) is 15.6. The van der Waals surface area contributed by atoms with Crippen molar-refractivity contribution >= 4 is 28.9 Å². The van der Waals surface area contributed by atoms with Crippen molar-refractivity contribution in [2.24, 2.45) is 0 Å². The molecule has 4 heterocycles. The average Bonchev–Trinajstić information content (AvgIpc) is 3.51. The van der Waals surface area contributed by atoms with Crippen molar-refractivity contribution in [3.8, 4) is 17.4 Å². The van der Waals surface area contributed by atoms with Crippen molar-refractivity contribution in [3.05, 3.63) is 53.8 Å². The molecule has 1 saturated heterocycles. The molecule has 10 heteroatoms. The SMILES string of the molecule is COc1ncc(N2CCOc3ccc(O[C@H]4CCN(C(=O)c5cnco5)C4)cc32)cc1Cl. The van der Waals surface area contributed by atoms with E-state index in [4.69, 9.17) is 30.2 Å². The van der Waals surface area contributed by atoms with Gasteiger partial charge in [0.1, 0.15) is 29.2 Å². The lowest BCUT2D eigenvalue weighted by Gasteiger charge is -2.31. The number of amides is 1. The summed E-state index contributed by atoms with van der Waals surface area (Å²) in [6.45, 7) is 2.26. The fraction of sp³-hybridized carbons (Fsp3) is 0.318. The highest BCUT2D eigenvalue weighted by molar-refractivity contribution is 6.32. The number of carbonyl (C=O) groups is 1. The van der Waals surface area contributed by atoms with Crippen molar-refractivity contribution in [2.75, 3.05) is 38.3 Å². The van der Waals surface area contributed by atoms with Gasteiger partial charge < -0.3 is 28.4 Å². The minimum atomic E-state index is -0.178. The predicted molar refractivity (Wildman–Crippen MR) is 116 cm³/mol. The Balaban J connectivity index is 1.32. The van der Waals surface area contributed by atoms with Crippen LogP contribution in [-0.2, 0) is 0 Å². The van der Waals surface area contributed by atoms with Crippen LogP contribution in [0.5, 0.6) is 17.4 Å². The van der Waals surface area contributed by atoms with Crippen LogP contribution in [0.15, 0.2) is 47.5 Å².